The van der Waals surface area contributed by atoms with E-state index in [1.165, 1.54) is 11.0 Å². The van der Waals surface area contributed by atoms with E-state index >= 15 is 0 Å². The summed E-state index contributed by atoms with van der Waals surface area (Å²) in [5.74, 6) is 1.17. The highest BCUT2D eigenvalue weighted by Gasteiger charge is 2.12. The molecule has 0 bridgehead atoms. The molecule has 0 spiro atoms. The van der Waals surface area contributed by atoms with Gasteiger partial charge in [0.25, 0.3) is 0 Å². The van der Waals surface area contributed by atoms with Crippen molar-refractivity contribution in [2.24, 2.45) is 5.92 Å². The van der Waals surface area contributed by atoms with Crippen LogP contribution in [0.5, 0.6) is 11.5 Å². The Labute approximate surface area is 184 Å². The topological polar surface area (TPSA) is 67.9 Å². The first-order valence-electron chi connectivity index (χ1n) is 10.3. The van der Waals surface area contributed by atoms with E-state index in [4.69, 9.17) is 9.47 Å². The molecule has 166 valence electrons. The summed E-state index contributed by atoms with van der Waals surface area (Å²) in [5, 5.41) is 2.86. The Hall–Kier alpha value is -3.28. The molecule has 0 saturated heterocycles. The predicted molar refractivity (Wildman–Crippen MR) is 125 cm³/mol. The molecule has 31 heavy (non-hydrogen) atoms. The van der Waals surface area contributed by atoms with Crippen molar-refractivity contribution in [3.63, 3.8) is 0 Å². The first-order valence-corrected chi connectivity index (χ1v) is 10.3. The summed E-state index contributed by atoms with van der Waals surface area (Å²) in [6, 6.07) is 11.4. The lowest BCUT2D eigenvalue weighted by Gasteiger charge is -2.16. The lowest BCUT2D eigenvalue weighted by Crippen LogP contribution is -2.34. The van der Waals surface area contributed by atoms with Gasteiger partial charge in [0, 0.05) is 18.8 Å². The molecule has 0 fully saturated rings. The fourth-order valence-electron chi connectivity index (χ4n) is 2.81. The fraction of sp³-hybridized carbons (Fsp3) is 0.360. The molecule has 0 unspecified atom stereocenters. The predicted octanol–water partition coefficient (Wildman–Crippen LogP) is 4.46. The number of nitrogens with one attached hydrogen (secondary N) is 1. The van der Waals surface area contributed by atoms with Gasteiger partial charge in [-0.25, -0.2) is 0 Å². The second-order valence-corrected chi connectivity index (χ2v) is 8.01. The van der Waals surface area contributed by atoms with Crippen molar-refractivity contribution < 1.29 is 19.1 Å². The molecule has 0 aliphatic carbocycles. The molecule has 0 heterocycles. The highest BCUT2D eigenvalue weighted by atomic mass is 16.5. The van der Waals surface area contributed by atoms with Crippen molar-refractivity contribution in [1.29, 1.82) is 0 Å². The van der Waals surface area contributed by atoms with Crippen LogP contribution in [0.25, 0.3) is 6.08 Å². The molecule has 0 radical (unpaired) electrons. The minimum absolute atomic E-state index is 0.0398. The highest BCUT2D eigenvalue weighted by Crippen LogP contribution is 2.29. The van der Waals surface area contributed by atoms with E-state index in [1.807, 2.05) is 50.2 Å². The van der Waals surface area contributed by atoms with E-state index < -0.39 is 0 Å². The average molecular weight is 425 g/mol. The zero-order valence-electron chi connectivity index (χ0n) is 19.2. The summed E-state index contributed by atoms with van der Waals surface area (Å²) in [5.41, 5.74) is 3.59. The number of rotatable bonds is 9. The molecular weight excluding hydrogens is 392 g/mol. The van der Waals surface area contributed by atoms with Crippen molar-refractivity contribution in [2.75, 3.05) is 32.6 Å². The Morgan fingerprint density at radius 3 is 2.52 bits per heavy atom. The molecule has 0 atom stereocenters. The van der Waals surface area contributed by atoms with Gasteiger partial charge in [-0.2, -0.15) is 0 Å². The number of methoxy groups -OCH3 is 1. The lowest BCUT2D eigenvalue weighted by atomic mass is 10.1. The number of carbonyl (C=O) groups excluding carboxylic acids is 2. The molecule has 2 amide bonds. The third-order valence-electron chi connectivity index (χ3n) is 4.60. The molecule has 0 saturated carbocycles. The van der Waals surface area contributed by atoms with Gasteiger partial charge in [-0.15, -0.1) is 0 Å². The van der Waals surface area contributed by atoms with E-state index in [9.17, 15) is 9.59 Å². The minimum Gasteiger partial charge on any atom is -0.493 e. The largest absolute Gasteiger partial charge is 0.493 e. The van der Waals surface area contributed by atoms with Gasteiger partial charge in [-0.1, -0.05) is 32.0 Å². The van der Waals surface area contributed by atoms with Crippen LogP contribution in [0.1, 0.15) is 30.5 Å². The maximum absolute atomic E-state index is 12.4. The zero-order chi connectivity index (χ0) is 23.0. The normalized spacial score (nSPS) is 10.9. The summed E-state index contributed by atoms with van der Waals surface area (Å²) in [6.07, 6.45) is 3.13. The molecular formula is C25H32N2O4. The molecule has 1 N–H and O–H groups in total. The number of carbonyl (C=O) groups is 2. The fourth-order valence-corrected chi connectivity index (χ4v) is 2.81. The number of likely N-dealkylation sites (N-methyl/N-ethyl adjacent to an activating group) is 1. The van der Waals surface area contributed by atoms with E-state index in [-0.39, 0.29) is 18.4 Å². The number of benzene rings is 2. The summed E-state index contributed by atoms with van der Waals surface area (Å²) in [7, 11) is 3.18. The quantitative estimate of drug-likeness (QED) is 0.604. The molecule has 0 aliphatic rings. The van der Waals surface area contributed by atoms with Crippen molar-refractivity contribution in [1.82, 2.24) is 4.90 Å². The van der Waals surface area contributed by atoms with E-state index in [1.54, 1.807) is 20.2 Å². The Morgan fingerprint density at radius 2 is 1.84 bits per heavy atom. The summed E-state index contributed by atoms with van der Waals surface area (Å²) < 4.78 is 11.1. The van der Waals surface area contributed by atoms with E-state index in [0.717, 1.165) is 22.4 Å². The van der Waals surface area contributed by atoms with Crippen LogP contribution in [0.3, 0.4) is 0 Å². The number of aryl methyl sites for hydroxylation is 2. The summed E-state index contributed by atoms with van der Waals surface area (Å²) in [4.78, 5) is 26.1. The minimum atomic E-state index is -0.268. The molecule has 2 rings (SSSR count). The summed E-state index contributed by atoms with van der Waals surface area (Å²) in [6.45, 7) is 8.61. The molecule has 2 aromatic rings. The van der Waals surface area contributed by atoms with Gasteiger partial charge in [0.05, 0.1) is 20.3 Å². The molecule has 6 heteroatoms. The number of amides is 2. The molecule has 6 nitrogen and oxygen atoms in total. The smallest absolute Gasteiger partial charge is 0.246 e. The Bertz CT molecular complexity index is 951. The number of ether oxygens (including phenoxy) is 2. The van der Waals surface area contributed by atoms with Crippen LogP contribution in [-0.2, 0) is 9.59 Å². The van der Waals surface area contributed by atoms with Crippen molar-refractivity contribution in [2.45, 2.75) is 27.7 Å². The van der Waals surface area contributed by atoms with Crippen LogP contribution in [0.2, 0.25) is 0 Å². The Kier molecular flexibility index (Phi) is 8.67. The van der Waals surface area contributed by atoms with Gasteiger partial charge < -0.3 is 19.7 Å². The SMILES string of the molecule is COc1cc(/C=C/C(=O)N(C)CC(=O)Nc2cc(C)ccc2C)ccc1OCC(C)C. The second-order valence-electron chi connectivity index (χ2n) is 8.01. The molecule has 2 aromatic carbocycles. The van der Waals surface area contributed by atoms with Crippen LogP contribution in [0.15, 0.2) is 42.5 Å². The third kappa shape index (κ3) is 7.48. The molecule has 0 aromatic heterocycles. The van der Waals surface area contributed by atoms with Crippen LogP contribution < -0.4 is 14.8 Å². The van der Waals surface area contributed by atoms with Gasteiger partial charge in [0.1, 0.15) is 0 Å². The van der Waals surface area contributed by atoms with Crippen LogP contribution >= 0.6 is 0 Å². The van der Waals surface area contributed by atoms with Gasteiger partial charge >= 0.3 is 0 Å². The van der Waals surface area contributed by atoms with Gasteiger partial charge in [0.15, 0.2) is 11.5 Å². The first kappa shape index (κ1) is 24.0. The highest BCUT2D eigenvalue weighted by molar-refractivity contribution is 5.98. The van der Waals surface area contributed by atoms with Crippen molar-refractivity contribution in [3.8, 4) is 11.5 Å². The van der Waals surface area contributed by atoms with Gasteiger partial charge in [0.2, 0.25) is 11.8 Å². The molecule has 0 aliphatic heterocycles. The number of anilines is 1. The first-order chi connectivity index (χ1) is 14.7. The zero-order valence-corrected chi connectivity index (χ0v) is 19.2. The van der Waals surface area contributed by atoms with Crippen molar-refractivity contribution in [3.05, 3.63) is 59.2 Å². The number of hydrogen-bond donors (Lipinski definition) is 1. The maximum Gasteiger partial charge on any atom is 0.246 e. The Balaban J connectivity index is 1.97. The van der Waals surface area contributed by atoms with Gasteiger partial charge in [-0.05, 0) is 60.7 Å². The van der Waals surface area contributed by atoms with E-state index in [2.05, 4.69) is 19.2 Å². The standard InChI is InChI=1S/C25H32N2O4/c1-17(2)16-31-22-11-9-20(14-23(22)30-6)10-12-25(29)27(5)15-24(28)26-21-13-18(3)7-8-19(21)4/h7-14,17H,15-16H2,1-6H3,(H,26,28)/b12-10+. The maximum atomic E-state index is 12.4. The third-order valence-corrected chi connectivity index (χ3v) is 4.60. The summed E-state index contributed by atoms with van der Waals surface area (Å²) >= 11 is 0. The van der Waals surface area contributed by atoms with E-state index in [0.29, 0.717) is 24.0 Å². The number of nitrogens with zero attached hydrogens (tertiary/aromatic N) is 1. The van der Waals surface area contributed by atoms with Gasteiger partial charge in [-0.3, -0.25) is 9.59 Å². The number of hydrogen-bond acceptors (Lipinski definition) is 4. The second kappa shape index (κ2) is 11.2. The average Bonchev–Trinajstić information content (AvgIpc) is 2.73. The monoisotopic (exact) mass is 424 g/mol. The van der Waals surface area contributed by atoms with Crippen LogP contribution in [0, 0.1) is 19.8 Å². The van der Waals surface area contributed by atoms with Crippen molar-refractivity contribution >= 4 is 23.6 Å². The Morgan fingerprint density at radius 1 is 1.10 bits per heavy atom. The van der Waals surface area contributed by atoms with Crippen LogP contribution in [0.4, 0.5) is 5.69 Å². The lowest BCUT2D eigenvalue weighted by molar-refractivity contribution is -0.129. The van der Waals surface area contributed by atoms with Crippen LogP contribution in [-0.4, -0.2) is 44.0 Å².